The van der Waals surface area contributed by atoms with Crippen molar-refractivity contribution in [3.63, 3.8) is 0 Å². The first kappa shape index (κ1) is 9.51. The molecule has 0 saturated heterocycles. The molecule has 4 heteroatoms. The van der Waals surface area contributed by atoms with E-state index in [2.05, 4.69) is 4.98 Å². The summed E-state index contributed by atoms with van der Waals surface area (Å²) in [5.74, 6) is 0.584. The number of pyridine rings is 1. The fourth-order valence-corrected chi connectivity index (χ4v) is 0.941. The number of hydrogen-bond acceptors (Lipinski definition) is 3. The van der Waals surface area contributed by atoms with Crippen molar-refractivity contribution in [1.82, 2.24) is 4.98 Å². The van der Waals surface area contributed by atoms with E-state index in [9.17, 15) is 0 Å². The van der Waals surface area contributed by atoms with Crippen LogP contribution in [0, 0.1) is 5.41 Å². The average molecular weight is 179 g/mol. The molecule has 13 heavy (non-hydrogen) atoms. The van der Waals surface area contributed by atoms with Crippen LogP contribution in [-0.2, 0) is 0 Å². The standard InChI is InChI=1S/C9H13N3O/c1-6(2)13-8-3-4-12-5-7(8)9(10)11/h3-6H,1-2H3,(H3,10,11). The third-order valence-electron chi connectivity index (χ3n) is 1.43. The summed E-state index contributed by atoms with van der Waals surface area (Å²) in [7, 11) is 0. The van der Waals surface area contributed by atoms with Gasteiger partial charge in [0.1, 0.15) is 11.6 Å². The highest BCUT2D eigenvalue weighted by atomic mass is 16.5. The minimum Gasteiger partial charge on any atom is -0.490 e. The molecule has 0 atom stereocenters. The summed E-state index contributed by atoms with van der Waals surface area (Å²) in [6.07, 6.45) is 3.21. The molecule has 4 nitrogen and oxygen atoms in total. The maximum Gasteiger partial charge on any atom is 0.133 e. The van der Waals surface area contributed by atoms with E-state index in [1.54, 1.807) is 12.3 Å². The molecule has 70 valence electrons. The number of rotatable bonds is 3. The third-order valence-corrected chi connectivity index (χ3v) is 1.43. The van der Waals surface area contributed by atoms with Crippen molar-refractivity contribution >= 4 is 5.84 Å². The van der Waals surface area contributed by atoms with Crippen molar-refractivity contribution in [1.29, 1.82) is 5.41 Å². The minimum atomic E-state index is -0.0243. The van der Waals surface area contributed by atoms with Crippen molar-refractivity contribution in [2.45, 2.75) is 20.0 Å². The van der Waals surface area contributed by atoms with Crippen LogP contribution in [-0.4, -0.2) is 16.9 Å². The predicted octanol–water partition coefficient (Wildman–Crippen LogP) is 1.15. The SMILES string of the molecule is CC(C)Oc1ccncc1C(=N)N. The first-order chi connectivity index (χ1) is 6.11. The highest BCUT2D eigenvalue weighted by molar-refractivity contribution is 5.97. The van der Waals surface area contributed by atoms with Crippen molar-refractivity contribution in [3.05, 3.63) is 24.0 Å². The number of hydrogen-bond donors (Lipinski definition) is 2. The Balaban J connectivity index is 2.98. The van der Waals surface area contributed by atoms with Crippen LogP contribution in [0.25, 0.3) is 0 Å². The smallest absolute Gasteiger partial charge is 0.133 e. The Kier molecular flexibility index (Phi) is 2.84. The molecular weight excluding hydrogens is 166 g/mol. The monoisotopic (exact) mass is 179 g/mol. The number of aromatic nitrogens is 1. The number of nitrogens with zero attached hydrogens (tertiary/aromatic N) is 1. The second-order valence-corrected chi connectivity index (χ2v) is 2.95. The molecule has 0 amide bonds. The molecule has 1 aromatic heterocycles. The lowest BCUT2D eigenvalue weighted by atomic mass is 10.2. The van der Waals surface area contributed by atoms with Crippen LogP contribution in [0.5, 0.6) is 5.75 Å². The van der Waals surface area contributed by atoms with E-state index in [4.69, 9.17) is 15.9 Å². The quantitative estimate of drug-likeness (QED) is 0.540. The van der Waals surface area contributed by atoms with Crippen molar-refractivity contribution in [2.75, 3.05) is 0 Å². The molecule has 0 aliphatic heterocycles. The summed E-state index contributed by atoms with van der Waals surface area (Å²) in [6.45, 7) is 3.84. The second kappa shape index (κ2) is 3.89. The fourth-order valence-electron chi connectivity index (χ4n) is 0.941. The van der Waals surface area contributed by atoms with Crippen LogP contribution in [0.4, 0.5) is 0 Å². The Bertz CT molecular complexity index is 309. The zero-order valence-corrected chi connectivity index (χ0v) is 7.74. The molecule has 0 spiro atoms. The molecule has 3 N–H and O–H groups in total. The zero-order valence-electron chi connectivity index (χ0n) is 7.74. The topological polar surface area (TPSA) is 72.0 Å². The van der Waals surface area contributed by atoms with Crippen LogP contribution < -0.4 is 10.5 Å². The van der Waals surface area contributed by atoms with Gasteiger partial charge in [0.25, 0.3) is 0 Å². The Labute approximate surface area is 77.2 Å². The molecule has 1 heterocycles. The van der Waals surface area contributed by atoms with Crippen LogP contribution in [0.15, 0.2) is 18.5 Å². The number of ether oxygens (including phenoxy) is 1. The largest absolute Gasteiger partial charge is 0.490 e. The van der Waals surface area contributed by atoms with Gasteiger partial charge in [-0.05, 0) is 19.9 Å². The normalized spacial score (nSPS) is 10.1. The summed E-state index contributed by atoms with van der Waals surface area (Å²) in [4.78, 5) is 3.87. The molecule has 0 unspecified atom stereocenters. The van der Waals surface area contributed by atoms with E-state index in [1.165, 1.54) is 6.20 Å². The summed E-state index contributed by atoms with van der Waals surface area (Å²) >= 11 is 0. The fraction of sp³-hybridized carbons (Fsp3) is 0.333. The maximum absolute atomic E-state index is 7.28. The molecule has 0 bridgehead atoms. The van der Waals surface area contributed by atoms with Crippen molar-refractivity contribution in [2.24, 2.45) is 5.73 Å². The summed E-state index contributed by atoms with van der Waals surface area (Å²) < 4.78 is 5.45. The first-order valence-electron chi connectivity index (χ1n) is 4.06. The van der Waals surface area contributed by atoms with Gasteiger partial charge in [-0.15, -0.1) is 0 Å². The van der Waals surface area contributed by atoms with Crippen LogP contribution in [0.2, 0.25) is 0 Å². The molecule has 0 aromatic carbocycles. The van der Waals surface area contributed by atoms with Gasteiger partial charge < -0.3 is 10.5 Å². The summed E-state index contributed by atoms with van der Waals surface area (Å²) in [5, 5.41) is 7.28. The molecule has 0 aliphatic rings. The van der Waals surface area contributed by atoms with Crippen molar-refractivity contribution < 1.29 is 4.74 Å². The Morgan fingerprint density at radius 1 is 1.62 bits per heavy atom. The van der Waals surface area contributed by atoms with E-state index < -0.39 is 0 Å². The second-order valence-electron chi connectivity index (χ2n) is 2.95. The van der Waals surface area contributed by atoms with Crippen LogP contribution in [0.3, 0.4) is 0 Å². The first-order valence-corrected chi connectivity index (χ1v) is 4.06. The molecule has 0 radical (unpaired) electrons. The van der Waals surface area contributed by atoms with E-state index in [0.717, 1.165) is 0 Å². The lowest BCUT2D eigenvalue weighted by molar-refractivity contribution is 0.241. The Morgan fingerprint density at radius 2 is 2.31 bits per heavy atom. The summed E-state index contributed by atoms with van der Waals surface area (Å²) in [5.41, 5.74) is 5.89. The third kappa shape index (κ3) is 2.43. The van der Waals surface area contributed by atoms with Gasteiger partial charge in [-0.25, -0.2) is 0 Å². The number of nitrogen functional groups attached to an aromatic ring is 1. The zero-order chi connectivity index (χ0) is 9.84. The highest BCUT2D eigenvalue weighted by Gasteiger charge is 2.07. The van der Waals surface area contributed by atoms with Gasteiger partial charge >= 0.3 is 0 Å². The number of amidine groups is 1. The Hall–Kier alpha value is -1.58. The highest BCUT2D eigenvalue weighted by Crippen LogP contribution is 2.16. The van der Waals surface area contributed by atoms with Gasteiger partial charge in [-0.3, -0.25) is 10.4 Å². The van der Waals surface area contributed by atoms with Crippen molar-refractivity contribution in [3.8, 4) is 5.75 Å². The lowest BCUT2D eigenvalue weighted by Crippen LogP contribution is -2.15. The van der Waals surface area contributed by atoms with Gasteiger partial charge in [-0.1, -0.05) is 0 Å². The number of nitrogens with one attached hydrogen (secondary N) is 1. The molecule has 0 aliphatic carbocycles. The molecule has 0 fully saturated rings. The molecule has 0 saturated carbocycles. The van der Waals surface area contributed by atoms with Gasteiger partial charge in [0.05, 0.1) is 11.7 Å². The number of nitrogens with two attached hydrogens (primary N) is 1. The lowest BCUT2D eigenvalue weighted by Gasteiger charge is -2.12. The van der Waals surface area contributed by atoms with E-state index in [-0.39, 0.29) is 11.9 Å². The van der Waals surface area contributed by atoms with E-state index in [1.807, 2.05) is 13.8 Å². The maximum atomic E-state index is 7.28. The predicted molar refractivity (Wildman–Crippen MR) is 51.0 cm³/mol. The average Bonchev–Trinajstić information content (AvgIpc) is 2.03. The van der Waals surface area contributed by atoms with Crippen LogP contribution in [0.1, 0.15) is 19.4 Å². The van der Waals surface area contributed by atoms with Crippen LogP contribution >= 0.6 is 0 Å². The van der Waals surface area contributed by atoms with E-state index in [0.29, 0.717) is 11.3 Å². The van der Waals surface area contributed by atoms with Gasteiger partial charge in [0.15, 0.2) is 0 Å². The molecule has 1 rings (SSSR count). The van der Waals surface area contributed by atoms with Gasteiger partial charge in [0, 0.05) is 12.4 Å². The Morgan fingerprint density at radius 3 is 2.85 bits per heavy atom. The summed E-state index contributed by atoms with van der Waals surface area (Å²) in [6, 6.07) is 1.71. The van der Waals surface area contributed by atoms with Gasteiger partial charge in [0.2, 0.25) is 0 Å². The van der Waals surface area contributed by atoms with Gasteiger partial charge in [-0.2, -0.15) is 0 Å². The molecular formula is C9H13N3O. The molecule has 1 aromatic rings. The van der Waals surface area contributed by atoms with E-state index >= 15 is 0 Å². The minimum absolute atomic E-state index is 0.0243.